The highest BCUT2D eigenvalue weighted by atomic mass is 19.1. The van der Waals surface area contributed by atoms with Crippen molar-refractivity contribution in [2.24, 2.45) is 0 Å². The largest absolute Gasteiger partial charge is 0.384 e. The van der Waals surface area contributed by atoms with Gasteiger partial charge in [0.25, 0.3) is 0 Å². The Morgan fingerprint density at radius 3 is 2.90 bits per heavy atom. The molecule has 0 atom stereocenters. The molecule has 106 valence electrons. The van der Waals surface area contributed by atoms with Crippen molar-refractivity contribution in [2.45, 2.75) is 6.54 Å². The molecule has 1 aliphatic heterocycles. The maximum absolute atomic E-state index is 13.5. The summed E-state index contributed by atoms with van der Waals surface area (Å²) in [5.74, 6) is 4.72. The van der Waals surface area contributed by atoms with Crippen LogP contribution in [0.2, 0.25) is 0 Å². The SMILES string of the molecule is CN1CCN(Cc2ccc(F)c(C#CCO)c2)CC1=O. The fraction of sp³-hybridized carbons (Fsp3) is 0.400. The molecular formula is C15H17FN2O2. The number of amides is 1. The molecular weight excluding hydrogens is 259 g/mol. The summed E-state index contributed by atoms with van der Waals surface area (Å²) in [7, 11) is 1.79. The Labute approximate surface area is 117 Å². The number of hydrogen-bond donors (Lipinski definition) is 1. The first kappa shape index (κ1) is 14.5. The molecule has 20 heavy (non-hydrogen) atoms. The van der Waals surface area contributed by atoms with Gasteiger partial charge in [0, 0.05) is 26.7 Å². The molecule has 1 fully saturated rings. The number of likely N-dealkylation sites (N-methyl/N-ethyl adjacent to an activating group) is 1. The van der Waals surface area contributed by atoms with E-state index in [2.05, 4.69) is 11.8 Å². The summed E-state index contributed by atoms with van der Waals surface area (Å²) in [5, 5.41) is 8.66. The normalized spacial score (nSPS) is 15.9. The van der Waals surface area contributed by atoms with Crippen LogP contribution in [-0.4, -0.2) is 54.1 Å². The van der Waals surface area contributed by atoms with Crippen LogP contribution in [0.5, 0.6) is 0 Å². The van der Waals surface area contributed by atoms with E-state index in [9.17, 15) is 9.18 Å². The third-order valence-corrected chi connectivity index (χ3v) is 3.28. The van der Waals surface area contributed by atoms with Crippen LogP contribution in [0.4, 0.5) is 4.39 Å². The van der Waals surface area contributed by atoms with E-state index in [0.717, 1.165) is 12.1 Å². The fourth-order valence-corrected chi connectivity index (χ4v) is 2.10. The van der Waals surface area contributed by atoms with Crippen molar-refractivity contribution in [3.63, 3.8) is 0 Å². The Morgan fingerprint density at radius 2 is 2.20 bits per heavy atom. The van der Waals surface area contributed by atoms with Gasteiger partial charge in [-0.3, -0.25) is 9.69 Å². The number of hydrogen-bond acceptors (Lipinski definition) is 3. The highest BCUT2D eigenvalue weighted by molar-refractivity contribution is 5.78. The lowest BCUT2D eigenvalue weighted by Gasteiger charge is -2.31. The first-order valence-corrected chi connectivity index (χ1v) is 6.44. The second-order valence-electron chi connectivity index (χ2n) is 4.80. The van der Waals surface area contributed by atoms with Crippen LogP contribution in [0.3, 0.4) is 0 Å². The third-order valence-electron chi connectivity index (χ3n) is 3.28. The molecule has 1 heterocycles. The first-order valence-electron chi connectivity index (χ1n) is 6.44. The molecule has 0 bridgehead atoms. The number of halogens is 1. The van der Waals surface area contributed by atoms with Crippen molar-refractivity contribution in [1.29, 1.82) is 0 Å². The molecule has 0 aliphatic carbocycles. The van der Waals surface area contributed by atoms with E-state index in [0.29, 0.717) is 19.6 Å². The number of aliphatic hydroxyl groups is 1. The number of nitrogens with zero attached hydrogens (tertiary/aromatic N) is 2. The number of carbonyl (C=O) groups is 1. The van der Waals surface area contributed by atoms with Crippen molar-refractivity contribution in [3.05, 3.63) is 35.1 Å². The van der Waals surface area contributed by atoms with Gasteiger partial charge >= 0.3 is 0 Å². The predicted octanol–water partition coefficient (Wildman–Crippen LogP) is 0.443. The van der Waals surface area contributed by atoms with Gasteiger partial charge in [-0.2, -0.15) is 0 Å². The maximum Gasteiger partial charge on any atom is 0.236 e. The molecule has 0 radical (unpaired) electrons. The highest BCUT2D eigenvalue weighted by Gasteiger charge is 2.20. The maximum atomic E-state index is 13.5. The molecule has 2 rings (SSSR count). The van der Waals surface area contributed by atoms with Crippen molar-refractivity contribution in [3.8, 4) is 11.8 Å². The van der Waals surface area contributed by atoms with Crippen LogP contribution in [0.15, 0.2) is 18.2 Å². The first-order chi connectivity index (χ1) is 9.60. The number of rotatable bonds is 2. The Morgan fingerprint density at radius 1 is 1.40 bits per heavy atom. The lowest BCUT2D eigenvalue weighted by molar-refractivity contribution is -0.134. The van der Waals surface area contributed by atoms with Crippen molar-refractivity contribution >= 4 is 5.91 Å². The minimum atomic E-state index is -0.399. The van der Waals surface area contributed by atoms with Crippen LogP contribution < -0.4 is 0 Å². The minimum absolute atomic E-state index is 0.0960. The average molecular weight is 276 g/mol. The van der Waals surface area contributed by atoms with E-state index in [1.807, 2.05) is 4.90 Å². The molecule has 1 aliphatic rings. The van der Waals surface area contributed by atoms with Gasteiger partial charge in [0.05, 0.1) is 12.1 Å². The molecule has 0 spiro atoms. The number of aliphatic hydroxyl groups excluding tert-OH is 1. The van der Waals surface area contributed by atoms with E-state index in [-0.39, 0.29) is 18.1 Å². The molecule has 0 aromatic heterocycles. The topological polar surface area (TPSA) is 43.8 Å². The van der Waals surface area contributed by atoms with Crippen LogP contribution >= 0.6 is 0 Å². The molecule has 5 heteroatoms. The summed E-state index contributed by atoms with van der Waals surface area (Å²) in [5.41, 5.74) is 1.18. The molecule has 1 saturated heterocycles. The summed E-state index contributed by atoms with van der Waals surface area (Å²) in [4.78, 5) is 15.4. The molecule has 0 unspecified atom stereocenters. The highest BCUT2D eigenvalue weighted by Crippen LogP contribution is 2.13. The Hall–Kier alpha value is -1.90. The molecule has 0 saturated carbocycles. The van der Waals surface area contributed by atoms with E-state index in [1.54, 1.807) is 24.1 Å². The zero-order valence-electron chi connectivity index (χ0n) is 11.4. The monoisotopic (exact) mass is 276 g/mol. The van der Waals surface area contributed by atoms with Gasteiger partial charge in [-0.25, -0.2) is 4.39 Å². The minimum Gasteiger partial charge on any atom is -0.384 e. The predicted molar refractivity (Wildman–Crippen MR) is 73.3 cm³/mol. The Bertz CT molecular complexity index is 563. The van der Waals surface area contributed by atoms with E-state index in [1.165, 1.54) is 6.07 Å². The second-order valence-corrected chi connectivity index (χ2v) is 4.80. The van der Waals surface area contributed by atoms with Crippen LogP contribution in [0, 0.1) is 17.7 Å². The zero-order valence-corrected chi connectivity index (χ0v) is 11.4. The van der Waals surface area contributed by atoms with Gasteiger partial charge in [-0.1, -0.05) is 17.9 Å². The smallest absolute Gasteiger partial charge is 0.236 e. The summed E-state index contributed by atoms with van der Waals surface area (Å²) < 4.78 is 13.5. The third kappa shape index (κ3) is 3.56. The number of carbonyl (C=O) groups excluding carboxylic acids is 1. The van der Waals surface area contributed by atoms with E-state index < -0.39 is 5.82 Å². The Balaban J connectivity index is 2.08. The van der Waals surface area contributed by atoms with Crippen LogP contribution in [0.1, 0.15) is 11.1 Å². The van der Waals surface area contributed by atoms with E-state index in [4.69, 9.17) is 5.11 Å². The molecule has 1 amide bonds. The van der Waals surface area contributed by atoms with E-state index >= 15 is 0 Å². The van der Waals surface area contributed by atoms with Crippen molar-refractivity contribution in [1.82, 2.24) is 9.80 Å². The van der Waals surface area contributed by atoms with Gasteiger partial charge in [-0.15, -0.1) is 0 Å². The molecule has 1 N–H and O–H groups in total. The van der Waals surface area contributed by atoms with Crippen molar-refractivity contribution < 1.29 is 14.3 Å². The zero-order chi connectivity index (χ0) is 14.5. The van der Waals surface area contributed by atoms with Gasteiger partial charge in [0.1, 0.15) is 12.4 Å². The molecule has 4 nitrogen and oxygen atoms in total. The summed E-state index contributed by atoms with van der Waals surface area (Å²) in [6.07, 6.45) is 0. The lowest BCUT2D eigenvalue weighted by atomic mass is 10.1. The number of piperazine rings is 1. The fourth-order valence-electron chi connectivity index (χ4n) is 2.10. The number of benzene rings is 1. The molecule has 1 aromatic carbocycles. The van der Waals surface area contributed by atoms with Gasteiger partial charge in [0.15, 0.2) is 0 Å². The standard InChI is InChI=1S/C15H17FN2O2/c1-17-6-7-18(11-15(17)20)10-12-4-5-14(16)13(9-12)3-2-8-19/h4-5,9,19H,6-8,10-11H2,1H3. The second kappa shape index (κ2) is 6.51. The van der Waals surface area contributed by atoms with Crippen LogP contribution in [-0.2, 0) is 11.3 Å². The van der Waals surface area contributed by atoms with Gasteiger partial charge in [0.2, 0.25) is 5.91 Å². The molecule has 1 aromatic rings. The quantitative estimate of drug-likeness (QED) is 0.797. The summed E-state index contributed by atoms with van der Waals surface area (Å²) in [6, 6.07) is 4.73. The Kier molecular flexibility index (Phi) is 4.72. The lowest BCUT2D eigenvalue weighted by Crippen LogP contribution is -2.47. The average Bonchev–Trinajstić information content (AvgIpc) is 2.43. The van der Waals surface area contributed by atoms with Crippen LogP contribution in [0.25, 0.3) is 0 Å². The van der Waals surface area contributed by atoms with Gasteiger partial charge < -0.3 is 10.0 Å². The van der Waals surface area contributed by atoms with Gasteiger partial charge in [-0.05, 0) is 17.7 Å². The van der Waals surface area contributed by atoms with Crippen molar-refractivity contribution in [2.75, 3.05) is 33.3 Å². The summed E-state index contributed by atoms with van der Waals surface area (Å²) in [6.45, 7) is 2.18. The summed E-state index contributed by atoms with van der Waals surface area (Å²) >= 11 is 0.